The molecule has 0 aliphatic heterocycles. The quantitative estimate of drug-likeness (QED) is 0.610. The first kappa shape index (κ1) is 14.5. The van der Waals surface area contributed by atoms with Crippen LogP contribution in [0, 0.1) is 11.3 Å². The van der Waals surface area contributed by atoms with E-state index in [9.17, 15) is 4.79 Å². The molecule has 3 nitrogen and oxygen atoms in total. The molecular weight excluding hydrogens is 214 g/mol. The van der Waals surface area contributed by atoms with Crippen LogP contribution in [-0.4, -0.2) is 23.7 Å². The molecule has 0 spiro atoms. The third-order valence-electron chi connectivity index (χ3n) is 3.62. The highest BCUT2D eigenvalue weighted by molar-refractivity contribution is 5.74. The Balaban J connectivity index is 2.28. The number of carbonyl (C=O) groups is 1. The summed E-state index contributed by atoms with van der Waals surface area (Å²) in [5, 5.41) is 12.4. The maximum absolute atomic E-state index is 11.1. The topological polar surface area (TPSA) is 49.3 Å². The van der Waals surface area contributed by atoms with Crippen molar-refractivity contribution in [3.05, 3.63) is 0 Å². The minimum Gasteiger partial charge on any atom is -0.480 e. The number of aliphatic carboxylic acids is 1. The van der Waals surface area contributed by atoms with Crippen LogP contribution in [0.1, 0.15) is 59.3 Å². The second-order valence-corrected chi connectivity index (χ2v) is 6.16. The summed E-state index contributed by atoms with van der Waals surface area (Å²) in [6.07, 6.45) is 7.06. The first-order valence-electron chi connectivity index (χ1n) is 6.92. The molecule has 3 heteroatoms. The van der Waals surface area contributed by atoms with Crippen LogP contribution in [-0.2, 0) is 4.79 Å². The molecule has 2 N–H and O–H groups in total. The average Bonchev–Trinajstić information content (AvgIpc) is 3.01. The van der Waals surface area contributed by atoms with Crippen LogP contribution >= 0.6 is 0 Å². The molecule has 0 saturated heterocycles. The Labute approximate surface area is 105 Å². The predicted octanol–water partition coefficient (Wildman–Crippen LogP) is 3.05. The minimum absolute atomic E-state index is 0.206. The van der Waals surface area contributed by atoms with Gasteiger partial charge in [-0.05, 0) is 30.6 Å². The molecule has 17 heavy (non-hydrogen) atoms. The van der Waals surface area contributed by atoms with E-state index in [1.165, 1.54) is 25.7 Å². The van der Waals surface area contributed by atoms with Gasteiger partial charge in [0.15, 0.2) is 0 Å². The maximum atomic E-state index is 11.1. The van der Waals surface area contributed by atoms with Crippen LogP contribution < -0.4 is 5.32 Å². The van der Waals surface area contributed by atoms with Crippen LogP contribution in [0.25, 0.3) is 0 Å². The van der Waals surface area contributed by atoms with Gasteiger partial charge in [0.2, 0.25) is 0 Å². The zero-order chi connectivity index (χ0) is 12.9. The van der Waals surface area contributed by atoms with E-state index in [0.717, 1.165) is 19.4 Å². The second-order valence-electron chi connectivity index (χ2n) is 6.16. The average molecular weight is 241 g/mol. The Kier molecular flexibility index (Phi) is 5.44. The van der Waals surface area contributed by atoms with Crippen molar-refractivity contribution < 1.29 is 9.90 Å². The third kappa shape index (κ3) is 5.53. The predicted molar refractivity (Wildman–Crippen MR) is 70.1 cm³/mol. The standard InChI is InChI=1S/C14H27NO2/c1-4-5-6-9-14(2,3)10-15-12(13(16)17)11-7-8-11/h11-12,15H,4-10H2,1-3H3,(H,16,17). The molecule has 1 rings (SSSR count). The van der Waals surface area contributed by atoms with Gasteiger partial charge < -0.3 is 10.4 Å². The van der Waals surface area contributed by atoms with Crippen LogP contribution in [0.3, 0.4) is 0 Å². The van der Waals surface area contributed by atoms with E-state index in [-0.39, 0.29) is 11.5 Å². The van der Waals surface area contributed by atoms with Crippen molar-refractivity contribution in [1.82, 2.24) is 5.32 Å². The number of hydrogen-bond acceptors (Lipinski definition) is 2. The Morgan fingerprint density at radius 3 is 2.53 bits per heavy atom. The lowest BCUT2D eigenvalue weighted by molar-refractivity contribution is -0.140. The van der Waals surface area contributed by atoms with E-state index >= 15 is 0 Å². The molecule has 100 valence electrons. The molecule has 0 amide bonds. The Bertz CT molecular complexity index is 247. The summed E-state index contributed by atoms with van der Waals surface area (Å²) in [6.45, 7) is 7.46. The smallest absolute Gasteiger partial charge is 0.320 e. The van der Waals surface area contributed by atoms with Gasteiger partial charge in [0.25, 0.3) is 0 Å². The Morgan fingerprint density at radius 2 is 2.06 bits per heavy atom. The summed E-state index contributed by atoms with van der Waals surface area (Å²) in [7, 11) is 0. The molecule has 1 saturated carbocycles. The van der Waals surface area contributed by atoms with Gasteiger partial charge in [0.1, 0.15) is 6.04 Å². The summed E-state index contributed by atoms with van der Waals surface area (Å²) in [5.74, 6) is -0.309. The molecular formula is C14H27NO2. The van der Waals surface area contributed by atoms with Crippen LogP contribution in [0.15, 0.2) is 0 Å². The monoisotopic (exact) mass is 241 g/mol. The van der Waals surface area contributed by atoms with Gasteiger partial charge in [-0.25, -0.2) is 0 Å². The molecule has 0 aromatic rings. The van der Waals surface area contributed by atoms with Gasteiger partial charge >= 0.3 is 5.97 Å². The number of carboxylic acid groups (broad SMARTS) is 1. The first-order valence-corrected chi connectivity index (χ1v) is 6.92. The summed E-state index contributed by atoms with van der Waals surface area (Å²) < 4.78 is 0. The lowest BCUT2D eigenvalue weighted by Crippen LogP contribution is -2.43. The van der Waals surface area contributed by atoms with Crippen molar-refractivity contribution >= 4 is 5.97 Å². The van der Waals surface area contributed by atoms with E-state index in [0.29, 0.717) is 5.92 Å². The van der Waals surface area contributed by atoms with Crippen LogP contribution in [0.2, 0.25) is 0 Å². The van der Waals surface area contributed by atoms with Crippen molar-refractivity contribution in [3.8, 4) is 0 Å². The van der Waals surface area contributed by atoms with Crippen LogP contribution in [0.5, 0.6) is 0 Å². The van der Waals surface area contributed by atoms with E-state index in [1.54, 1.807) is 0 Å². The van der Waals surface area contributed by atoms with Crippen molar-refractivity contribution in [3.63, 3.8) is 0 Å². The normalized spacial score (nSPS) is 18.1. The van der Waals surface area contributed by atoms with Gasteiger partial charge in [-0.2, -0.15) is 0 Å². The van der Waals surface area contributed by atoms with E-state index in [4.69, 9.17) is 5.11 Å². The van der Waals surface area contributed by atoms with E-state index in [2.05, 4.69) is 26.1 Å². The molecule has 0 radical (unpaired) electrons. The number of carboxylic acids is 1. The molecule has 1 unspecified atom stereocenters. The van der Waals surface area contributed by atoms with Crippen LogP contribution in [0.4, 0.5) is 0 Å². The minimum atomic E-state index is -0.683. The first-order chi connectivity index (χ1) is 7.96. The van der Waals surface area contributed by atoms with Gasteiger partial charge in [-0.15, -0.1) is 0 Å². The number of nitrogens with one attached hydrogen (secondary N) is 1. The van der Waals surface area contributed by atoms with Gasteiger partial charge in [-0.1, -0.05) is 40.0 Å². The van der Waals surface area contributed by atoms with Gasteiger partial charge in [0.05, 0.1) is 0 Å². The van der Waals surface area contributed by atoms with E-state index < -0.39 is 5.97 Å². The molecule has 1 aliphatic carbocycles. The second kappa shape index (κ2) is 6.39. The zero-order valence-corrected chi connectivity index (χ0v) is 11.5. The fourth-order valence-electron chi connectivity index (χ4n) is 2.21. The molecule has 0 heterocycles. The summed E-state index contributed by atoms with van der Waals surface area (Å²) >= 11 is 0. The molecule has 1 aliphatic rings. The van der Waals surface area contributed by atoms with Crippen molar-refractivity contribution in [2.45, 2.75) is 65.3 Å². The Hall–Kier alpha value is -0.570. The lowest BCUT2D eigenvalue weighted by atomic mass is 9.86. The van der Waals surface area contributed by atoms with Gasteiger partial charge in [0, 0.05) is 6.54 Å². The fraction of sp³-hybridized carbons (Fsp3) is 0.929. The largest absolute Gasteiger partial charge is 0.480 e. The summed E-state index contributed by atoms with van der Waals surface area (Å²) in [5.41, 5.74) is 0.206. The molecule has 1 atom stereocenters. The molecule has 0 aromatic carbocycles. The Morgan fingerprint density at radius 1 is 1.41 bits per heavy atom. The zero-order valence-electron chi connectivity index (χ0n) is 11.5. The summed E-state index contributed by atoms with van der Waals surface area (Å²) in [4.78, 5) is 11.1. The lowest BCUT2D eigenvalue weighted by Gasteiger charge is -2.27. The van der Waals surface area contributed by atoms with E-state index in [1.807, 2.05) is 0 Å². The number of hydrogen-bond donors (Lipinski definition) is 2. The highest BCUT2D eigenvalue weighted by Crippen LogP contribution is 2.33. The highest BCUT2D eigenvalue weighted by Gasteiger charge is 2.36. The maximum Gasteiger partial charge on any atom is 0.320 e. The molecule has 1 fully saturated rings. The number of rotatable bonds is 9. The fourth-order valence-corrected chi connectivity index (χ4v) is 2.21. The van der Waals surface area contributed by atoms with Crippen molar-refractivity contribution in [1.29, 1.82) is 0 Å². The molecule has 0 aromatic heterocycles. The third-order valence-corrected chi connectivity index (χ3v) is 3.62. The van der Waals surface area contributed by atoms with Crippen molar-refractivity contribution in [2.75, 3.05) is 6.54 Å². The SMILES string of the molecule is CCCCCC(C)(C)CNC(C(=O)O)C1CC1. The number of unbranched alkanes of at least 4 members (excludes halogenated alkanes) is 2. The molecule has 0 bridgehead atoms. The highest BCUT2D eigenvalue weighted by atomic mass is 16.4. The summed E-state index contributed by atoms with van der Waals surface area (Å²) in [6, 6.07) is -0.319. The van der Waals surface area contributed by atoms with Gasteiger partial charge in [-0.3, -0.25) is 4.79 Å². The van der Waals surface area contributed by atoms with Crippen molar-refractivity contribution in [2.24, 2.45) is 11.3 Å².